The molecule has 104 valence electrons. The zero-order valence-electron chi connectivity index (χ0n) is 11.6. The lowest BCUT2D eigenvalue weighted by molar-refractivity contribution is 0.340. The molecule has 0 radical (unpaired) electrons. The Bertz CT molecular complexity index is 545. The first-order chi connectivity index (χ1) is 9.90. The summed E-state index contributed by atoms with van der Waals surface area (Å²) in [6, 6.07) is 9.71. The number of benzene rings is 1. The van der Waals surface area contributed by atoms with Crippen LogP contribution in [-0.4, -0.2) is 11.0 Å². The highest BCUT2D eigenvalue weighted by Crippen LogP contribution is 2.40. The van der Waals surface area contributed by atoms with E-state index in [0.29, 0.717) is 6.04 Å². The standard InChI is InChI=1S/C17H20N2S/c1-2-4-13-10-15-6-5-14(9-12(13)3-1)17(15)19-11-16-18-7-8-20-16/h1-4,7-8,14-15,17,19H,5-6,9-11H2. The number of hydrogen-bond donors (Lipinski definition) is 1. The smallest absolute Gasteiger partial charge is 0.106 e. The topological polar surface area (TPSA) is 24.9 Å². The molecule has 1 heterocycles. The Hall–Kier alpha value is -1.19. The van der Waals surface area contributed by atoms with Crippen molar-refractivity contribution in [3.8, 4) is 0 Å². The minimum atomic E-state index is 0.672. The lowest BCUT2D eigenvalue weighted by Gasteiger charge is -2.23. The second-order valence-electron chi connectivity index (χ2n) is 6.11. The van der Waals surface area contributed by atoms with E-state index in [2.05, 4.69) is 39.9 Å². The summed E-state index contributed by atoms with van der Waals surface area (Å²) in [5.41, 5.74) is 3.17. The number of nitrogens with zero attached hydrogens (tertiary/aromatic N) is 1. The van der Waals surface area contributed by atoms with Crippen LogP contribution in [0.15, 0.2) is 35.8 Å². The van der Waals surface area contributed by atoms with Gasteiger partial charge in [0, 0.05) is 24.2 Å². The summed E-state index contributed by atoms with van der Waals surface area (Å²) in [6.07, 6.45) is 7.17. The lowest BCUT2D eigenvalue weighted by atomic mass is 9.94. The van der Waals surface area contributed by atoms with Gasteiger partial charge in [-0.25, -0.2) is 4.98 Å². The van der Waals surface area contributed by atoms with E-state index < -0.39 is 0 Å². The van der Waals surface area contributed by atoms with Crippen molar-refractivity contribution in [2.24, 2.45) is 11.8 Å². The Morgan fingerprint density at radius 2 is 1.80 bits per heavy atom. The molecule has 1 aromatic heterocycles. The first kappa shape index (κ1) is 12.5. The molecular weight excluding hydrogens is 264 g/mol. The molecule has 2 atom stereocenters. The molecule has 0 saturated heterocycles. The van der Waals surface area contributed by atoms with Gasteiger partial charge in [-0.05, 0) is 48.6 Å². The quantitative estimate of drug-likeness (QED) is 0.934. The van der Waals surface area contributed by atoms with E-state index in [4.69, 9.17) is 0 Å². The molecule has 2 nitrogen and oxygen atoms in total. The van der Waals surface area contributed by atoms with Gasteiger partial charge < -0.3 is 5.32 Å². The normalized spacial score (nSPS) is 28.1. The van der Waals surface area contributed by atoms with E-state index in [0.717, 1.165) is 18.4 Å². The van der Waals surface area contributed by atoms with Crippen LogP contribution in [0.4, 0.5) is 0 Å². The Kier molecular flexibility index (Phi) is 3.32. The number of rotatable bonds is 3. The number of hydrogen-bond acceptors (Lipinski definition) is 3. The van der Waals surface area contributed by atoms with E-state index in [9.17, 15) is 0 Å². The zero-order valence-corrected chi connectivity index (χ0v) is 12.4. The van der Waals surface area contributed by atoms with Crippen molar-refractivity contribution in [3.05, 3.63) is 52.0 Å². The fourth-order valence-corrected chi connectivity index (χ4v) is 4.60. The van der Waals surface area contributed by atoms with Crippen LogP contribution >= 0.6 is 11.3 Å². The van der Waals surface area contributed by atoms with Gasteiger partial charge in [0.1, 0.15) is 5.01 Å². The fourth-order valence-electron chi connectivity index (χ4n) is 4.03. The van der Waals surface area contributed by atoms with E-state index in [1.807, 2.05) is 6.20 Å². The number of fused-ring (bicyclic) bond motifs is 3. The van der Waals surface area contributed by atoms with Crippen LogP contribution in [0, 0.1) is 11.8 Å². The maximum Gasteiger partial charge on any atom is 0.106 e. The molecule has 1 N–H and O–H groups in total. The Morgan fingerprint density at radius 3 is 2.40 bits per heavy atom. The summed E-state index contributed by atoms with van der Waals surface area (Å²) in [7, 11) is 0. The molecule has 0 spiro atoms. The molecular formula is C17H20N2S. The average molecular weight is 284 g/mol. The predicted molar refractivity (Wildman–Crippen MR) is 82.8 cm³/mol. The van der Waals surface area contributed by atoms with Gasteiger partial charge in [0.2, 0.25) is 0 Å². The molecule has 2 aliphatic rings. The molecule has 4 rings (SSSR count). The van der Waals surface area contributed by atoms with Crippen molar-refractivity contribution in [2.45, 2.75) is 38.3 Å². The third-order valence-electron chi connectivity index (χ3n) is 4.98. The molecule has 2 bridgehead atoms. The molecule has 2 aliphatic carbocycles. The third-order valence-corrected chi connectivity index (χ3v) is 5.76. The Labute approximate surface area is 124 Å². The van der Waals surface area contributed by atoms with E-state index in [-0.39, 0.29) is 0 Å². The maximum absolute atomic E-state index is 4.39. The van der Waals surface area contributed by atoms with Gasteiger partial charge in [0.25, 0.3) is 0 Å². The van der Waals surface area contributed by atoms with Gasteiger partial charge >= 0.3 is 0 Å². The largest absolute Gasteiger partial charge is 0.307 e. The second-order valence-corrected chi connectivity index (χ2v) is 7.09. The molecule has 1 aromatic carbocycles. The molecule has 1 fully saturated rings. The fraction of sp³-hybridized carbons (Fsp3) is 0.471. The van der Waals surface area contributed by atoms with E-state index in [1.54, 1.807) is 22.5 Å². The van der Waals surface area contributed by atoms with Gasteiger partial charge in [0.15, 0.2) is 0 Å². The minimum Gasteiger partial charge on any atom is -0.307 e. The minimum absolute atomic E-state index is 0.672. The van der Waals surface area contributed by atoms with Crippen LogP contribution < -0.4 is 5.32 Å². The van der Waals surface area contributed by atoms with Gasteiger partial charge in [-0.15, -0.1) is 11.3 Å². The molecule has 3 heteroatoms. The highest BCUT2D eigenvalue weighted by Gasteiger charge is 2.38. The summed E-state index contributed by atoms with van der Waals surface area (Å²) in [6.45, 7) is 0.936. The van der Waals surface area contributed by atoms with Crippen molar-refractivity contribution < 1.29 is 0 Å². The monoisotopic (exact) mass is 284 g/mol. The molecule has 1 saturated carbocycles. The molecule has 0 amide bonds. The number of nitrogens with one attached hydrogen (secondary N) is 1. The summed E-state index contributed by atoms with van der Waals surface area (Å²) in [5, 5.41) is 7.09. The predicted octanol–water partition coefficient (Wildman–Crippen LogP) is 3.43. The lowest BCUT2D eigenvalue weighted by Crippen LogP contribution is -2.37. The van der Waals surface area contributed by atoms with Crippen molar-refractivity contribution in [2.75, 3.05) is 0 Å². The van der Waals surface area contributed by atoms with E-state index >= 15 is 0 Å². The van der Waals surface area contributed by atoms with Crippen molar-refractivity contribution >= 4 is 11.3 Å². The molecule has 0 aliphatic heterocycles. The number of aromatic nitrogens is 1. The van der Waals surface area contributed by atoms with E-state index in [1.165, 1.54) is 30.7 Å². The van der Waals surface area contributed by atoms with Crippen LogP contribution in [-0.2, 0) is 19.4 Å². The van der Waals surface area contributed by atoms with Crippen LogP contribution in [0.5, 0.6) is 0 Å². The van der Waals surface area contributed by atoms with Gasteiger partial charge in [0.05, 0.1) is 0 Å². The highest BCUT2D eigenvalue weighted by molar-refractivity contribution is 7.09. The van der Waals surface area contributed by atoms with Gasteiger partial charge in [-0.2, -0.15) is 0 Å². The molecule has 20 heavy (non-hydrogen) atoms. The molecule has 2 aromatic rings. The van der Waals surface area contributed by atoms with Crippen molar-refractivity contribution in [1.29, 1.82) is 0 Å². The summed E-state index contributed by atoms with van der Waals surface area (Å²) >= 11 is 1.75. The summed E-state index contributed by atoms with van der Waals surface area (Å²) in [5.74, 6) is 1.62. The molecule has 2 unspecified atom stereocenters. The maximum atomic E-state index is 4.39. The first-order valence-electron chi connectivity index (χ1n) is 7.58. The van der Waals surface area contributed by atoms with Gasteiger partial charge in [-0.3, -0.25) is 0 Å². The summed E-state index contributed by atoms with van der Waals surface area (Å²) in [4.78, 5) is 4.39. The van der Waals surface area contributed by atoms with Crippen LogP contribution in [0.2, 0.25) is 0 Å². The zero-order chi connectivity index (χ0) is 13.4. The number of thiazole rings is 1. The average Bonchev–Trinajstić information content (AvgIpc) is 3.04. The van der Waals surface area contributed by atoms with Crippen molar-refractivity contribution in [1.82, 2.24) is 10.3 Å². The van der Waals surface area contributed by atoms with Crippen LogP contribution in [0.3, 0.4) is 0 Å². The van der Waals surface area contributed by atoms with Crippen LogP contribution in [0.1, 0.15) is 29.0 Å². The second kappa shape index (κ2) is 5.30. The summed E-state index contributed by atoms with van der Waals surface area (Å²) < 4.78 is 0. The van der Waals surface area contributed by atoms with Crippen molar-refractivity contribution in [3.63, 3.8) is 0 Å². The first-order valence-corrected chi connectivity index (χ1v) is 8.46. The van der Waals surface area contributed by atoms with Gasteiger partial charge in [-0.1, -0.05) is 24.3 Å². The highest BCUT2D eigenvalue weighted by atomic mass is 32.1. The Balaban J connectivity index is 1.52. The van der Waals surface area contributed by atoms with Crippen LogP contribution in [0.25, 0.3) is 0 Å². The Morgan fingerprint density at radius 1 is 1.10 bits per heavy atom. The SMILES string of the molecule is c1ccc2c(c1)CC1CCC(C2)C1NCc1nccs1. The third kappa shape index (κ3) is 2.29.